The molecular formula is C11H14Br2O4. The second-order valence-corrected chi connectivity index (χ2v) is 5.95. The van der Waals surface area contributed by atoms with Crippen LogP contribution in [0.15, 0.2) is 11.6 Å². The highest BCUT2D eigenvalue weighted by molar-refractivity contribution is 9.10. The molecule has 4 nitrogen and oxygen atoms in total. The van der Waals surface area contributed by atoms with Crippen molar-refractivity contribution in [3.63, 3.8) is 0 Å². The van der Waals surface area contributed by atoms with Crippen molar-refractivity contribution in [2.45, 2.75) is 42.6 Å². The molecule has 0 amide bonds. The Morgan fingerprint density at radius 3 is 2.06 bits per heavy atom. The fourth-order valence-electron chi connectivity index (χ4n) is 1.69. The quantitative estimate of drug-likeness (QED) is 0.426. The molecule has 0 aromatic heterocycles. The Kier molecular flexibility index (Phi) is 5.19. The third-order valence-corrected chi connectivity index (χ3v) is 4.42. The maximum absolute atomic E-state index is 11.1. The van der Waals surface area contributed by atoms with Crippen molar-refractivity contribution in [1.82, 2.24) is 0 Å². The van der Waals surface area contributed by atoms with E-state index in [4.69, 9.17) is 9.47 Å². The lowest BCUT2D eigenvalue weighted by Gasteiger charge is -2.36. The minimum atomic E-state index is -0.524. The van der Waals surface area contributed by atoms with E-state index in [-0.39, 0.29) is 9.65 Å². The summed E-state index contributed by atoms with van der Waals surface area (Å²) in [7, 11) is 0. The number of rotatable bonds is 2. The van der Waals surface area contributed by atoms with Gasteiger partial charge >= 0.3 is 11.9 Å². The van der Waals surface area contributed by atoms with Crippen molar-refractivity contribution in [2.75, 3.05) is 0 Å². The first-order valence-electron chi connectivity index (χ1n) is 5.14. The monoisotopic (exact) mass is 368 g/mol. The van der Waals surface area contributed by atoms with E-state index in [1.165, 1.54) is 13.8 Å². The first-order valence-corrected chi connectivity index (χ1v) is 6.97. The molecule has 1 aliphatic rings. The van der Waals surface area contributed by atoms with Crippen LogP contribution in [0.25, 0.3) is 0 Å². The summed E-state index contributed by atoms with van der Waals surface area (Å²) in [6.07, 6.45) is 0.891. The largest absolute Gasteiger partial charge is 0.457 e. The summed E-state index contributed by atoms with van der Waals surface area (Å²) in [5.74, 6) is -0.796. The molecule has 96 valence electrons. The number of ether oxygens (including phenoxy) is 2. The Morgan fingerprint density at radius 2 is 1.59 bits per heavy atom. The second-order valence-electron chi connectivity index (χ2n) is 3.90. The van der Waals surface area contributed by atoms with Crippen molar-refractivity contribution < 1.29 is 19.1 Å². The molecule has 0 aromatic rings. The fraction of sp³-hybridized carbons (Fsp3) is 0.636. The van der Waals surface area contributed by atoms with E-state index < -0.39 is 24.1 Å². The Morgan fingerprint density at radius 1 is 1.12 bits per heavy atom. The first kappa shape index (κ1) is 14.7. The van der Waals surface area contributed by atoms with Gasteiger partial charge in [-0.1, -0.05) is 43.5 Å². The summed E-state index contributed by atoms with van der Waals surface area (Å²) in [6.45, 7) is 4.59. The number of alkyl halides is 2. The van der Waals surface area contributed by atoms with Gasteiger partial charge in [0.05, 0.1) is 9.65 Å². The third-order valence-electron chi connectivity index (χ3n) is 2.39. The van der Waals surface area contributed by atoms with Crippen LogP contribution in [0, 0.1) is 0 Å². The summed E-state index contributed by atoms with van der Waals surface area (Å²) in [5.41, 5.74) is 1.03. The summed E-state index contributed by atoms with van der Waals surface area (Å²) >= 11 is 6.86. The van der Waals surface area contributed by atoms with Crippen molar-refractivity contribution in [3.8, 4) is 0 Å². The molecule has 0 heterocycles. The molecule has 0 bridgehead atoms. The van der Waals surface area contributed by atoms with Crippen LogP contribution in [0.2, 0.25) is 0 Å². The van der Waals surface area contributed by atoms with Gasteiger partial charge in [-0.25, -0.2) is 0 Å². The van der Waals surface area contributed by atoms with Gasteiger partial charge < -0.3 is 9.47 Å². The Hall–Kier alpha value is -0.360. The fourth-order valence-corrected chi connectivity index (χ4v) is 3.07. The molecule has 0 spiro atoms. The average Bonchev–Trinajstić information content (AvgIpc) is 2.19. The van der Waals surface area contributed by atoms with E-state index >= 15 is 0 Å². The normalized spacial score (nSPS) is 32.6. The molecule has 0 aliphatic heterocycles. The van der Waals surface area contributed by atoms with Gasteiger partial charge in [0.25, 0.3) is 0 Å². The molecule has 0 saturated carbocycles. The van der Waals surface area contributed by atoms with E-state index in [1.54, 1.807) is 0 Å². The summed E-state index contributed by atoms with van der Waals surface area (Å²) in [6, 6.07) is 0. The third kappa shape index (κ3) is 3.81. The minimum absolute atomic E-state index is 0.149. The van der Waals surface area contributed by atoms with Crippen LogP contribution in [0.5, 0.6) is 0 Å². The molecule has 0 unspecified atom stereocenters. The molecule has 0 radical (unpaired) electrons. The number of halogens is 2. The van der Waals surface area contributed by atoms with E-state index in [1.807, 2.05) is 13.0 Å². The van der Waals surface area contributed by atoms with Crippen molar-refractivity contribution in [1.29, 1.82) is 0 Å². The Bertz CT molecular complexity index is 353. The number of hydrogen-bond acceptors (Lipinski definition) is 4. The highest BCUT2D eigenvalue weighted by atomic mass is 79.9. The zero-order chi connectivity index (χ0) is 13.2. The lowest BCUT2D eigenvalue weighted by Crippen LogP contribution is -2.48. The SMILES string of the molecule is CC(=O)O[C@@H]1[C@H](OC(C)=O)[C@@H](Br)C(C)=C[C@H]1Br. The number of hydrogen-bond donors (Lipinski definition) is 0. The van der Waals surface area contributed by atoms with Gasteiger partial charge in [0.1, 0.15) is 0 Å². The zero-order valence-electron chi connectivity index (χ0n) is 9.78. The van der Waals surface area contributed by atoms with Gasteiger partial charge in [0.2, 0.25) is 0 Å². The smallest absolute Gasteiger partial charge is 0.303 e. The minimum Gasteiger partial charge on any atom is -0.457 e. The van der Waals surface area contributed by atoms with Gasteiger partial charge in [-0.15, -0.1) is 0 Å². The standard InChI is InChI=1S/C11H14Br2O4/c1-5-4-8(12)10(16-6(2)14)11(9(5)13)17-7(3)15/h4,8-11H,1-3H3/t8-,9+,10+,11-/m1/s1. The molecule has 1 rings (SSSR count). The molecule has 0 N–H and O–H groups in total. The van der Waals surface area contributed by atoms with Gasteiger partial charge in [-0.05, 0) is 6.92 Å². The molecular weight excluding hydrogens is 356 g/mol. The van der Waals surface area contributed by atoms with Gasteiger partial charge in [-0.3, -0.25) is 9.59 Å². The van der Waals surface area contributed by atoms with Crippen LogP contribution in [0.1, 0.15) is 20.8 Å². The van der Waals surface area contributed by atoms with Crippen molar-refractivity contribution in [2.24, 2.45) is 0 Å². The van der Waals surface area contributed by atoms with Crippen LogP contribution >= 0.6 is 31.9 Å². The van der Waals surface area contributed by atoms with Crippen LogP contribution in [0.4, 0.5) is 0 Å². The lowest BCUT2D eigenvalue weighted by atomic mass is 9.94. The van der Waals surface area contributed by atoms with E-state index in [2.05, 4.69) is 31.9 Å². The van der Waals surface area contributed by atoms with Gasteiger partial charge in [-0.2, -0.15) is 0 Å². The molecule has 17 heavy (non-hydrogen) atoms. The molecule has 4 atom stereocenters. The maximum atomic E-state index is 11.1. The van der Waals surface area contributed by atoms with Crippen LogP contribution in [0.3, 0.4) is 0 Å². The Balaban J connectivity index is 2.95. The molecule has 0 saturated heterocycles. The van der Waals surface area contributed by atoms with Gasteiger partial charge in [0.15, 0.2) is 12.2 Å². The number of carbonyl (C=O) groups excluding carboxylic acids is 2. The second kappa shape index (κ2) is 6.00. The Labute approximate surface area is 117 Å². The van der Waals surface area contributed by atoms with E-state index in [9.17, 15) is 9.59 Å². The summed E-state index contributed by atoms with van der Waals surface area (Å²) in [4.78, 5) is 21.8. The topological polar surface area (TPSA) is 52.6 Å². The van der Waals surface area contributed by atoms with Crippen LogP contribution in [-0.4, -0.2) is 33.8 Å². The van der Waals surface area contributed by atoms with Crippen molar-refractivity contribution in [3.05, 3.63) is 11.6 Å². The lowest BCUT2D eigenvalue weighted by molar-refractivity contribution is -0.164. The number of carbonyl (C=O) groups is 2. The predicted octanol–water partition coefficient (Wildman–Crippen LogP) is 2.34. The van der Waals surface area contributed by atoms with Crippen LogP contribution in [-0.2, 0) is 19.1 Å². The maximum Gasteiger partial charge on any atom is 0.303 e. The van der Waals surface area contributed by atoms with Crippen LogP contribution < -0.4 is 0 Å². The molecule has 6 heteroatoms. The van der Waals surface area contributed by atoms with E-state index in [0.29, 0.717) is 0 Å². The molecule has 1 aliphatic carbocycles. The molecule has 0 aromatic carbocycles. The summed E-state index contributed by atoms with van der Waals surface area (Å²) in [5, 5.41) is 0. The van der Waals surface area contributed by atoms with E-state index in [0.717, 1.165) is 5.57 Å². The highest BCUT2D eigenvalue weighted by Gasteiger charge is 2.41. The summed E-state index contributed by atoms with van der Waals surface area (Å²) < 4.78 is 10.4. The van der Waals surface area contributed by atoms with Crippen molar-refractivity contribution >= 4 is 43.8 Å². The molecule has 0 fully saturated rings. The van der Waals surface area contributed by atoms with Gasteiger partial charge in [0, 0.05) is 13.8 Å². The predicted molar refractivity (Wildman–Crippen MR) is 70.3 cm³/mol. The number of esters is 2. The average molecular weight is 370 g/mol. The zero-order valence-corrected chi connectivity index (χ0v) is 12.9. The highest BCUT2D eigenvalue weighted by Crippen LogP contribution is 2.33. The first-order chi connectivity index (χ1) is 7.82.